The maximum absolute atomic E-state index is 3.49. The van der Waals surface area contributed by atoms with E-state index in [2.05, 4.69) is 54.8 Å². The van der Waals surface area contributed by atoms with Crippen molar-refractivity contribution in [3.05, 3.63) is 48.0 Å². The number of fused-ring (bicyclic) bond motifs is 2. The van der Waals surface area contributed by atoms with Gasteiger partial charge in [0.25, 0.3) is 0 Å². The van der Waals surface area contributed by atoms with E-state index in [9.17, 15) is 0 Å². The Balaban J connectivity index is 0.00000110. The standard InChI is InChI=1S/C17H19N.ClH/c1-18-16-8-9-17(11-15(16)17)14-7-6-12-4-2-3-5-13(12)10-14;/h2-7,10,15-16,18H,8-9,11H2,1H3;1H. The van der Waals surface area contributed by atoms with Crippen LogP contribution in [-0.2, 0) is 5.41 Å². The summed E-state index contributed by atoms with van der Waals surface area (Å²) in [6.07, 6.45) is 4.09. The maximum Gasteiger partial charge on any atom is 0.0101 e. The van der Waals surface area contributed by atoms with Crippen LogP contribution in [0.5, 0.6) is 0 Å². The molecule has 0 aromatic heterocycles. The van der Waals surface area contributed by atoms with E-state index in [1.807, 2.05) is 0 Å². The Hall–Kier alpha value is -1.05. The summed E-state index contributed by atoms with van der Waals surface area (Å²) in [5.41, 5.74) is 2.08. The van der Waals surface area contributed by atoms with Crippen molar-refractivity contribution in [1.29, 1.82) is 0 Å². The molecule has 2 saturated carbocycles. The average Bonchev–Trinajstić information content (AvgIpc) is 3.06. The molecule has 3 atom stereocenters. The zero-order valence-electron chi connectivity index (χ0n) is 11.2. The zero-order valence-corrected chi connectivity index (χ0v) is 12.0. The van der Waals surface area contributed by atoms with E-state index in [1.54, 1.807) is 5.56 Å². The minimum atomic E-state index is 0. The molecule has 0 spiro atoms. The zero-order chi connectivity index (χ0) is 12.2. The van der Waals surface area contributed by atoms with Crippen LogP contribution in [0.3, 0.4) is 0 Å². The molecular formula is C17H20ClN. The van der Waals surface area contributed by atoms with Crippen molar-refractivity contribution in [2.24, 2.45) is 5.92 Å². The minimum Gasteiger partial charge on any atom is -0.317 e. The predicted octanol–water partition coefficient (Wildman–Crippen LogP) is 3.90. The summed E-state index contributed by atoms with van der Waals surface area (Å²) in [7, 11) is 2.11. The third-order valence-electron chi connectivity index (χ3n) is 5.22. The van der Waals surface area contributed by atoms with Crippen LogP contribution in [0, 0.1) is 5.92 Å². The van der Waals surface area contributed by atoms with Crippen LogP contribution in [0.4, 0.5) is 0 Å². The smallest absolute Gasteiger partial charge is 0.0101 e. The summed E-state index contributed by atoms with van der Waals surface area (Å²) in [5.74, 6) is 0.878. The predicted molar refractivity (Wildman–Crippen MR) is 83.1 cm³/mol. The van der Waals surface area contributed by atoms with Gasteiger partial charge in [-0.3, -0.25) is 0 Å². The van der Waals surface area contributed by atoms with Gasteiger partial charge in [0.2, 0.25) is 0 Å². The molecule has 0 aliphatic heterocycles. The Bertz CT molecular complexity index is 609. The van der Waals surface area contributed by atoms with Gasteiger partial charge in [-0.1, -0.05) is 42.5 Å². The molecule has 0 radical (unpaired) electrons. The number of nitrogens with one attached hydrogen (secondary N) is 1. The Morgan fingerprint density at radius 3 is 2.58 bits per heavy atom. The highest BCUT2D eigenvalue weighted by atomic mass is 35.5. The second-order valence-electron chi connectivity index (χ2n) is 5.96. The van der Waals surface area contributed by atoms with Gasteiger partial charge >= 0.3 is 0 Å². The van der Waals surface area contributed by atoms with Gasteiger partial charge in [0, 0.05) is 11.5 Å². The van der Waals surface area contributed by atoms with E-state index in [1.165, 1.54) is 30.0 Å². The summed E-state index contributed by atoms with van der Waals surface area (Å²) in [4.78, 5) is 0. The molecule has 19 heavy (non-hydrogen) atoms. The van der Waals surface area contributed by atoms with Crippen LogP contribution in [-0.4, -0.2) is 13.1 Å². The minimum absolute atomic E-state index is 0. The van der Waals surface area contributed by atoms with E-state index in [4.69, 9.17) is 0 Å². The Labute approximate surface area is 120 Å². The summed E-state index contributed by atoms with van der Waals surface area (Å²) >= 11 is 0. The van der Waals surface area contributed by atoms with Crippen molar-refractivity contribution in [2.75, 3.05) is 7.05 Å². The number of rotatable bonds is 2. The quantitative estimate of drug-likeness (QED) is 0.875. The molecule has 3 unspecified atom stereocenters. The van der Waals surface area contributed by atoms with Gasteiger partial charge in [0.1, 0.15) is 0 Å². The van der Waals surface area contributed by atoms with Crippen molar-refractivity contribution in [3.8, 4) is 0 Å². The fourth-order valence-corrected chi connectivity index (χ4v) is 4.08. The molecule has 2 aliphatic rings. The lowest BCUT2D eigenvalue weighted by molar-refractivity contribution is 0.519. The van der Waals surface area contributed by atoms with E-state index in [-0.39, 0.29) is 12.4 Å². The molecule has 2 aliphatic carbocycles. The van der Waals surface area contributed by atoms with E-state index < -0.39 is 0 Å². The van der Waals surface area contributed by atoms with Crippen molar-refractivity contribution in [3.63, 3.8) is 0 Å². The summed E-state index contributed by atoms with van der Waals surface area (Å²) < 4.78 is 0. The van der Waals surface area contributed by atoms with Crippen LogP contribution in [0.2, 0.25) is 0 Å². The lowest BCUT2D eigenvalue weighted by atomic mass is 9.91. The largest absolute Gasteiger partial charge is 0.317 e. The van der Waals surface area contributed by atoms with Crippen molar-refractivity contribution in [1.82, 2.24) is 5.32 Å². The van der Waals surface area contributed by atoms with E-state index in [0.29, 0.717) is 5.41 Å². The molecule has 2 fully saturated rings. The normalized spacial score (nSPS) is 31.8. The third kappa shape index (κ3) is 1.79. The molecule has 1 N–H and O–H groups in total. The molecule has 2 aromatic rings. The first kappa shape index (κ1) is 13.0. The molecule has 4 rings (SSSR count). The van der Waals surface area contributed by atoms with Crippen molar-refractivity contribution >= 4 is 23.2 Å². The highest BCUT2D eigenvalue weighted by Gasteiger charge is 2.61. The van der Waals surface area contributed by atoms with Gasteiger partial charge in [0.15, 0.2) is 0 Å². The lowest BCUT2D eigenvalue weighted by Crippen LogP contribution is -2.24. The van der Waals surface area contributed by atoms with E-state index >= 15 is 0 Å². The van der Waals surface area contributed by atoms with Crippen LogP contribution in [0.15, 0.2) is 42.5 Å². The van der Waals surface area contributed by atoms with Crippen LogP contribution < -0.4 is 5.32 Å². The second kappa shape index (κ2) is 4.50. The molecule has 0 bridgehead atoms. The first-order valence-corrected chi connectivity index (χ1v) is 7.00. The second-order valence-corrected chi connectivity index (χ2v) is 5.96. The maximum atomic E-state index is 3.49. The molecule has 0 amide bonds. The molecule has 0 heterocycles. The van der Waals surface area contributed by atoms with Crippen LogP contribution >= 0.6 is 12.4 Å². The Kier molecular flexibility index (Phi) is 3.07. The third-order valence-corrected chi connectivity index (χ3v) is 5.22. The summed E-state index contributed by atoms with van der Waals surface area (Å²) in [6.45, 7) is 0. The summed E-state index contributed by atoms with van der Waals surface area (Å²) in [5, 5.41) is 6.24. The molecule has 1 nitrogen and oxygen atoms in total. The fourth-order valence-electron chi connectivity index (χ4n) is 4.08. The molecule has 2 heteroatoms. The molecule has 100 valence electrons. The molecule has 0 saturated heterocycles. The number of halogens is 1. The monoisotopic (exact) mass is 273 g/mol. The Morgan fingerprint density at radius 1 is 1.11 bits per heavy atom. The van der Waals surface area contributed by atoms with Crippen LogP contribution in [0.1, 0.15) is 24.8 Å². The lowest BCUT2D eigenvalue weighted by Gasteiger charge is -2.13. The number of hydrogen-bond acceptors (Lipinski definition) is 1. The average molecular weight is 274 g/mol. The SMILES string of the molecule is CNC1CCC2(c3ccc4ccccc4c3)CC12.Cl. The van der Waals surface area contributed by atoms with Crippen molar-refractivity contribution < 1.29 is 0 Å². The fraction of sp³-hybridized carbons (Fsp3) is 0.412. The Morgan fingerprint density at radius 2 is 1.89 bits per heavy atom. The highest BCUT2D eigenvalue weighted by Crippen LogP contribution is 2.64. The van der Waals surface area contributed by atoms with Gasteiger partial charge in [-0.25, -0.2) is 0 Å². The van der Waals surface area contributed by atoms with E-state index in [0.717, 1.165) is 12.0 Å². The van der Waals surface area contributed by atoms with Gasteiger partial charge in [-0.15, -0.1) is 12.4 Å². The molecular weight excluding hydrogens is 254 g/mol. The van der Waals surface area contributed by atoms with Gasteiger partial charge in [0.05, 0.1) is 0 Å². The summed E-state index contributed by atoms with van der Waals surface area (Å²) in [6, 6.07) is 16.5. The van der Waals surface area contributed by atoms with Gasteiger partial charge < -0.3 is 5.32 Å². The number of hydrogen-bond donors (Lipinski definition) is 1. The first-order valence-electron chi connectivity index (χ1n) is 7.00. The topological polar surface area (TPSA) is 12.0 Å². The number of benzene rings is 2. The molecule has 2 aromatic carbocycles. The van der Waals surface area contributed by atoms with Gasteiger partial charge in [-0.05, 0) is 48.6 Å². The van der Waals surface area contributed by atoms with Gasteiger partial charge in [-0.2, -0.15) is 0 Å². The first-order chi connectivity index (χ1) is 8.83. The van der Waals surface area contributed by atoms with Crippen molar-refractivity contribution in [2.45, 2.75) is 30.7 Å². The van der Waals surface area contributed by atoms with Crippen LogP contribution in [0.25, 0.3) is 10.8 Å². The highest BCUT2D eigenvalue weighted by molar-refractivity contribution is 5.85.